The highest BCUT2D eigenvalue weighted by Crippen LogP contribution is 2.26. The third-order valence-electron chi connectivity index (χ3n) is 5.59. The van der Waals surface area contributed by atoms with E-state index in [0.29, 0.717) is 12.0 Å². The lowest BCUT2D eigenvalue weighted by Crippen LogP contribution is -2.44. The number of benzene rings is 3. The molecule has 0 aliphatic carbocycles. The molecular formula is C24H21F3N2O2. The highest BCUT2D eigenvalue weighted by Gasteiger charge is 2.45. The van der Waals surface area contributed by atoms with Gasteiger partial charge in [0.05, 0.1) is 6.04 Å². The van der Waals surface area contributed by atoms with Crippen molar-refractivity contribution in [1.82, 2.24) is 9.80 Å². The maximum Gasteiger partial charge on any atom is 0.471 e. The molecule has 0 bridgehead atoms. The van der Waals surface area contributed by atoms with Gasteiger partial charge in [0.2, 0.25) is 0 Å². The summed E-state index contributed by atoms with van der Waals surface area (Å²) in [5.41, 5.74) is 1.34. The van der Waals surface area contributed by atoms with Gasteiger partial charge in [0.1, 0.15) is 0 Å². The summed E-state index contributed by atoms with van der Waals surface area (Å²) >= 11 is 0. The minimum atomic E-state index is -4.92. The van der Waals surface area contributed by atoms with Gasteiger partial charge in [0.15, 0.2) is 0 Å². The van der Waals surface area contributed by atoms with Crippen LogP contribution in [0, 0.1) is 0 Å². The van der Waals surface area contributed by atoms with Gasteiger partial charge in [0.25, 0.3) is 5.91 Å². The van der Waals surface area contributed by atoms with E-state index in [-0.39, 0.29) is 25.5 Å². The van der Waals surface area contributed by atoms with Crippen LogP contribution in [-0.4, -0.2) is 46.9 Å². The minimum absolute atomic E-state index is 0.0285. The summed E-state index contributed by atoms with van der Waals surface area (Å²) < 4.78 is 38.6. The number of rotatable bonds is 4. The molecule has 0 radical (unpaired) electrons. The second-order valence-electron chi connectivity index (χ2n) is 7.67. The molecule has 3 aromatic carbocycles. The molecule has 2 amide bonds. The Bertz CT molecular complexity index is 1100. The molecule has 160 valence electrons. The zero-order chi connectivity index (χ0) is 22.0. The predicted molar refractivity (Wildman–Crippen MR) is 111 cm³/mol. The van der Waals surface area contributed by atoms with Crippen molar-refractivity contribution in [2.75, 3.05) is 13.1 Å². The number of hydrogen-bond acceptors (Lipinski definition) is 2. The average molecular weight is 426 g/mol. The van der Waals surface area contributed by atoms with Gasteiger partial charge in [0, 0.05) is 25.2 Å². The second-order valence-corrected chi connectivity index (χ2v) is 7.67. The molecule has 1 fully saturated rings. The van der Waals surface area contributed by atoms with Crippen molar-refractivity contribution in [2.24, 2.45) is 0 Å². The number of halogens is 3. The van der Waals surface area contributed by atoms with Crippen LogP contribution in [0.1, 0.15) is 22.3 Å². The highest BCUT2D eigenvalue weighted by atomic mass is 19.4. The summed E-state index contributed by atoms with van der Waals surface area (Å²) in [6.07, 6.45) is -4.62. The van der Waals surface area contributed by atoms with E-state index in [2.05, 4.69) is 0 Å². The van der Waals surface area contributed by atoms with E-state index in [1.165, 1.54) is 0 Å². The Kier molecular flexibility index (Phi) is 5.67. The predicted octanol–water partition coefficient (Wildman–Crippen LogP) is 4.65. The zero-order valence-corrected chi connectivity index (χ0v) is 16.7. The van der Waals surface area contributed by atoms with Crippen LogP contribution >= 0.6 is 0 Å². The molecule has 1 saturated heterocycles. The molecule has 0 spiro atoms. The largest absolute Gasteiger partial charge is 0.471 e. The van der Waals surface area contributed by atoms with Gasteiger partial charge in [-0.2, -0.15) is 13.2 Å². The van der Waals surface area contributed by atoms with Crippen LogP contribution in [0.25, 0.3) is 10.8 Å². The van der Waals surface area contributed by atoms with E-state index in [1.54, 1.807) is 17.0 Å². The number of amides is 2. The molecule has 1 aliphatic heterocycles. The number of fused-ring (bicyclic) bond motifs is 1. The Labute approximate surface area is 177 Å². The third-order valence-corrected chi connectivity index (χ3v) is 5.59. The van der Waals surface area contributed by atoms with Crippen LogP contribution in [0.5, 0.6) is 0 Å². The molecule has 0 N–H and O–H groups in total. The van der Waals surface area contributed by atoms with E-state index in [9.17, 15) is 22.8 Å². The Balaban J connectivity index is 1.62. The minimum Gasteiger partial charge on any atom is -0.333 e. The normalized spacial score (nSPS) is 16.5. The number of carbonyl (C=O) groups is 2. The first-order valence-corrected chi connectivity index (χ1v) is 10.0. The van der Waals surface area contributed by atoms with Gasteiger partial charge in [-0.25, -0.2) is 0 Å². The van der Waals surface area contributed by atoms with E-state index < -0.39 is 18.1 Å². The molecule has 0 aromatic heterocycles. The first kappa shape index (κ1) is 20.9. The summed E-state index contributed by atoms with van der Waals surface area (Å²) in [4.78, 5) is 27.5. The standard InChI is InChI=1S/C24H21F3N2O2/c25-24(26,27)23(31)28-13-12-21(16-28)29(15-17-6-2-1-3-7-17)22(30)20-11-10-18-8-4-5-9-19(18)14-20/h1-11,14,21H,12-13,15-16H2. The van der Waals surface area contributed by atoms with Crippen LogP contribution in [0.4, 0.5) is 13.2 Å². The molecule has 1 atom stereocenters. The molecule has 4 rings (SSSR count). The summed E-state index contributed by atoms with van der Waals surface area (Å²) in [6, 6.07) is 21.8. The van der Waals surface area contributed by atoms with Crippen molar-refractivity contribution < 1.29 is 22.8 Å². The molecular weight excluding hydrogens is 405 g/mol. The summed E-state index contributed by atoms with van der Waals surface area (Å²) in [5.74, 6) is -2.12. The molecule has 0 saturated carbocycles. The fraction of sp³-hybridized carbons (Fsp3) is 0.250. The van der Waals surface area contributed by atoms with Gasteiger partial charge in [-0.1, -0.05) is 60.7 Å². The first-order valence-electron chi connectivity index (χ1n) is 10.0. The quantitative estimate of drug-likeness (QED) is 0.610. The molecule has 1 heterocycles. The Morgan fingerprint density at radius 1 is 0.935 bits per heavy atom. The Hall–Kier alpha value is -3.35. The van der Waals surface area contributed by atoms with Gasteiger partial charge in [-0.15, -0.1) is 0 Å². The maximum atomic E-state index is 13.5. The fourth-order valence-electron chi connectivity index (χ4n) is 3.99. The number of nitrogens with zero attached hydrogens (tertiary/aromatic N) is 2. The van der Waals surface area contributed by atoms with Crippen LogP contribution in [-0.2, 0) is 11.3 Å². The van der Waals surface area contributed by atoms with Crippen LogP contribution in [0.15, 0.2) is 72.8 Å². The smallest absolute Gasteiger partial charge is 0.333 e. The van der Waals surface area contributed by atoms with Crippen molar-refractivity contribution in [3.63, 3.8) is 0 Å². The van der Waals surface area contributed by atoms with E-state index in [4.69, 9.17) is 0 Å². The van der Waals surface area contributed by atoms with Crippen molar-refractivity contribution in [3.8, 4) is 0 Å². The molecule has 3 aromatic rings. The second kappa shape index (κ2) is 8.41. The van der Waals surface area contributed by atoms with Gasteiger partial charge in [-0.05, 0) is 34.9 Å². The number of hydrogen-bond donors (Lipinski definition) is 0. The van der Waals surface area contributed by atoms with E-state index in [1.807, 2.05) is 60.7 Å². The molecule has 7 heteroatoms. The summed E-state index contributed by atoms with van der Waals surface area (Å²) in [7, 11) is 0. The average Bonchev–Trinajstić information content (AvgIpc) is 3.26. The lowest BCUT2D eigenvalue weighted by molar-refractivity contribution is -0.184. The SMILES string of the molecule is O=C(c1ccc2ccccc2c1)N(Cc1ccccc1)C1CCN(C(=O)C(F)(F)F)C1. The molecule has 1 aliphatic rings. The topological polar surface area (TPSA) is 40.6 Å². The highest BCUT2D eigenvalue weighted by molar-refractivity contribution is 5.98. The number of alkyl halides is 3. The van der Waals surface area contributed by atoms with Crippen LogP contribution in [0.3, 0.4) is 0 Å². The number of likely N-dealkylation sites (tertiary alicyclic amines) is 1. The van der Waals surface area contributed by atoms with Gasteiger partial charge in [-0.3, -0.25) is 9.59 Å². The first-order chi connectivity index (χ1) is 14.8. The monoisotopic (exact) mass is 426 g/mol. The van der Waals surface area contributed by atoms with Crippen molar-refractivity contribution >= 4 is 22.6 Å². The van der Waals surface area contributed by atoms with E-state index in [0.717, 1.165) is 21.2 Å². The lowest BCUT2D eigenvalue weighted by Gasteiger charge is -2.30. The molecule has 31 heavy (non-hydrogen) atoms. The van der Waals surface area contributed by atoms with Crippen molar-refractivity contribution in [1.29, 1.82) is 0 Å². The Morgan fingerprint density at radius 3 is 2.32 bits per heavy atom. The summed E-state index contributed by atoms with van der Waals surface area (Å²) in [6.45, 7) is 0.0923. The molecule has 4 nitrogen and oxygen atoms in total. The van der Waals surface area contributed by atoms with Crippen molar-refractivity contribution in [2.45, 2.75) is 25.2 Å². The van der Waals surface area contributed by atoms with Crippen LogP contribution < -0.4 is 0 Å². The summed E-state index contributed by atoms with van der Waals surface area (Å²) in [5, 5.41) is 1.91. The molecule has 1 unspecified atom stereocenters. The van der Waals surface area contributed by atoms with Gasteiger partial charge < -0.3 is 9.80 Å². The number of carbonyl (C=O) groups excluding carboxylic acids is 2. The zero-order valence-electron chi connectivity index (χ0n) is 16.7. The van der Waals surface area contributed by atoms with Crippen LogP contribution in [0.2, 0.25) is 0 Å². The van der Waals surface area contributed by atoms with E-state index >= 15 is 0 Å². The lowest BCUT2D eigenvalue weighted by atomic mass is 10.0. The Morgan fingerprint density at radius 2 is 1.61 bits per heavy atom. The maximum absolute atomic E-state index is 13.5. The van der Waals surface area contributed by atoms with Crippen molar-refractivity contribution in [3.05, 3.63) is 83.9 Å². The van der Waals surface area contributed by atoms with Gasteiger partial charge >= 0.3 is 12.1 Å². The fourth-order valence-corrected chi connectivity index (χ4v) is 3.99. The third kappa shape index (κ3) is 4.55.